The third-order valence-corrected chi connectivity index (χ3v) is 3.65. The lowest BCUT2D eigenvalue weighted by atomic mass is 9.80. The molecular weight excluding hydrogens is 184 g/mol. The minimum Gasteiger partial charge on any atom is -0.311 e. The Kier molecular flexibility index (Phi) is 3.06. The number of rotatable bonds is 3. The lowest BCUT2D eigenvalue weighted by Gasteiger charge is -2.34. The van der Waals surface area contributed by atoms with Gasteiger partial charge in [-0.05, 0) is 49.4 Å². The molecule has 2 heterocycles. The lowest BCUT2D eigenvalue weighted by molar-refractivity contribution is 0.269. The summed E-state index contributed by atoms with van der Waals surface area (Å²) < 4.78 is 0. The molecule has 0 amide bonds. The topological polar surface area (TPSA) is 24.9 Å². The molecule has 1 unspecified atom stereocenters. The fraction of sp³-hybridized carbons (Fsp3) is 0.615. The number of nitrogens with one attached hydrogen (secondary N) is 1. The first-order valence-electron chi connectivity index (χ1n) is 5.87. The number of hydrogen-bond acceptors (Lipinski definition) is 2. The average Bonchev–Trinajstić information content (AvgIpc) is 2.69. The molecule has 1 aliphatic rings. The van der Waals surface area contributed by atoms with E-state index in [4.69, 9.17) is 0 Å². The molecule has 0 spiro atoms. The number of nitrogens with zero attached hydrogens (tertiary/aromatic N) is 1. The van der Waals surface area contributed by atoms with Crippen LogP contribution in [0, 0.1) is 5.92 Å². The van der Waals surface area contributed by atoms with Crippen LogP contribution in [-0.4, -0.2) is 17.1 Å². The molecule has 2 heteroatoms. The van der Waals surface area contributed by atoms with E-state index in [9.17, 15) is 0 Å². The van der Waals surface area contributed by atoms with Crippen LogP contribution in [-0.2, 0) is 6.42 Å². The number of pyridine rings is 1. The van der Waals surface area contributed by atoms with Gasteiger partial charge in [0.05, 0.1) is 0 Å². The molecule has 0 radical (unpaired) electrons. The molecule has 0 saturated carbocycles. The van der Waals surface area contributed by atoms with E-state index in [1.165, 1.54) is 24.9 Å². The van der Waals surface area contributed by atoms with Gasteiger partial charge in [0.15, 0.2) is 0 Å². The summed E-state index contributed by atoms with van der Waals surface area (Å²) in [5, 5.41) is 3.70. The smallest absolute Gasteiger partial charge is 0.0270 e. The Bertz CT molecular complexity index is 300. The molecule has 1 fully saturated rings. The van der Waals surface area contributed by atoms with Gasteiger partial charge in [-0.2, -0.15) is 0 Å². The summed E-state index contributed by atoms with van der Waals surface area (Å²) in [6, 6.07) is 4.26. The van der Waals surface area contributed by atoms with Crippen LogP contribution in [0.25, 0.3) is 0 Å². The molecule has 0 bridgehead atoms. The largest absolute Gasteiger partial charge is 0.311 e. The van der Waals surface area contributed by atoms with Crippen LogP contribution in [0.4, 0.5) is 0 Å². The van der Waals surface area contributed by atoms with E-state index >= 15 is 0 Å². The van der Waals surface area contributed by atoms with Crippen molar-refractivity contribution in [2.75, 3.05) is 6.54 Å². The van der Waals surface area contributed by atoms with Crippen LogP contribution in [0.2, 0.25) is 0 Å². The summed E-state index contributed by atoms with van der Waals surface area (Å²) in [5.41, 5.74) is 1.72. The highest BCUT2D eigenvalue weighted by Crippen LogP contribution is 2.31. The van der Waals surface area contributed by atoms with Gasteiger partial charge in [-0.3, -0.25) is 4.98 Å². The van der Waals surface area contributed by atoms with Crippen molar-refractivity contribution in [1.82, 2.24) is 10.3 Å². The molecule has 1 aliphatic heterocycles. The van der Waals surface area contributed by atoms with Gasteiger partial charge in [-0.15, -0.1) is 0 Å². The molecule has 1 N–H and O–H groups in total. The van der Waals surface area contributed by atoms with Crippen molar-refractivity contribution in [2.24, 2.45) is 5.92 Å². The molecule has 0 aromatic carbocycles. The third-order valence-electron chi connectivity index (χ3n) is 3.65. The van der Waals surface area contributed by atoms with E-state index < -0.39 is 0 Å². The summed E-state index contributed by atoms with van der Waals surface area (Å²) in [4.78, 5) is 4.07. The molecule has 1 saturated heterocycles. The van der Waals surface area contributed by atoms with Crippen molar-refractivity contribution in [1.29, 1.82) is 0 Å². The van der Waals surface area contributed by atoms with Crippen molar-refractivity contribution >= 4 is 0 Å². The summed E-state index contributed by atoms with van der Waals surface area (Å²) >= 11 is 0. The number of hydrogen-bond donors (Lipinski definition) is 1. The van der Waals surface area contributed by atoms with Crippen molar-refractivity contribution < 1.29 is 0 Å². The second kappa shape index (κ2) is 4.31. The van der Waals surface area contributed by atoms with Crippen molar-refractivity contribution in [2.45, 2.75) is 38.6 Å². The molecular formula is C13H20N2. The SMILES string of the molecule is CC(C)C1(Cc2ccncc2)CCCN1. The zero-order valence-corrected chi connectivity index (χ0v) is 9.66. The van der Waals surface area contributed by atoms with Crippen molar-refractivity contribution in [3.8, 4) is 0 Å². The predicted molar refractivity (Wildman–Crippen MR) is 62.7 cm³/mol. The maximum absolute atomic E-state index is 4.07. The highest BCUT2D eigenvalue weighted by molar-refractivity contribution is 5.16. The van der Waals surface area contributed by atoms with Crippen LogP contribution in [0.5, 0.6) is 0 Å². The fourth-order valence-electron chi connectivity index (χ4n) is 2.54. The van der Waals surface area contributed by atoms with Crippen LogP contribution in [0.1, 0.15) is 32.3 Å². The second-order valence-electron chi connectivity index (χ2n) is 4.87. The monoisotopic (exact) mass is 204 g/mol. The molecule has 1 aromatic heterocycles. The zero-order valence-electron chi connectivity index (χ0n) is 9.66. The second-order valence-corrected chi connectivity index (χ2v) is 4.87. The summed E-state index contributed by atoms with van der Waals surface area (Å²) in [5.74, 6) is 0.688. The number of aromatic nitrogens is 1. The van der Waals surface area contributed by atoms with Crippen LogP contribution in [0.15, 0.2) is 24.5 Å². The first-order chi connectivity index (χ1) is 7.23. The normalized spacial score (nSPS) is 26.1. The highest BCUT2D eigenvalue weighted by Gasteiger charge is 2.36. The third kappa shape index (κ3) is 2.20. The van der Waals surface area contributed by atoms with E-state index in [1.807, 2.05) is 12.4 Å². The average molecular weight is 204 g/mol. The van der Waals surface area contributed by atoms with Gasteiger partial charge < -0.3 is 5.32 Å². The Hall–Kier alpha value is -0.890. The molecule has 2 rings (SSSR count). The fourth-order valence-corrected chi connectivity index (χ4v) is 2.54. The zero-order chi connectivity index (χ0) is 10.7. The molecule has 0 aliphatic carbocycles. The van der Waals surface area contributed by atoms with Gasteiger partial charge in [0.2, 0.25) is 0 Å². The molecule has 1 atom stereocenters. The van der Waals surface area contributed by atoms with Crippen LogP contribution >= 0.6 is 0 Å². The Balaban J connectivity index is 2.14. The van der Waals surface area contributed by atoms with Gasteiger partial charge in [-0.1, -0.05) is 13.8 Å². The van der Waals surface area contributed by atoms with E-state index in [-0.39, 0.29) is 0 Å². The highest BCUT2D eigenvalue weighted by atomic mass is 15.0. The molecule has 2 nitrogen and oxygen atoms in total. The van der Waals surface area contributed by atoms with Gasteiger partial charge in [-0.25, -0.2) is 0 Å². The first-order valence-corrected chi connectivity index (χ1v) is 5.87. The minimum absolute atomic E-state index is 0.321. The standard InChI is InChI=1S/C13H20N2/c1-11(2)13(6-3-7-15-13)10-12-4-8-14-9-5-12/h4-5,8-9,11,15H,3,6-7,10H2,1-2H3. The van der Waals surface area contributed by atoms with Crippen LogP contribution in [0.3, 0.4) is 0 Å². The molecule has 1 aromatic rings. The Morgan fingerprint density at radius 1 is 1.40 bits per heavy atom. The quantitative estimate of drug-likeness (QED) is 0.818. The van der Waals surface area contributed by atoms with Crippen molar-refractivity contribution in [3.63, 3.8) is 0 Å². The van der Waals surface area contributed by atoms with Gasteiger partial charge in [0.1, 0.15) is 0 Å². The first kappa shape index (κ1) is 10.6. The van der Waals surface area contributed by atoms with E-state index in [2.05, 4.69) is 36.3 Å². The van der Waals surface area contributed by atoms with Crippen molar-refractivity contribution in [3.05, 3.63) is 30.1 Å². The van der Waals surface area contributed by atoms with Gasteiger partial charge >= 0.3 is 0 Å². The maximum atomic E-state index is 4.07. The van der Waals surface area contributed by atoms with E-state index in [0.717, 1.165) is 6.42 Å². The van der Waals surface area contributed by atoms with E-state index in [1.54, 1.807) is 0 Å². The molecule has 15 heavy (non-hydrogen) atoms. The Labute approximate surface area is 92.1 Å². The summed E-state index contributed by atoms with van der Waals surface area (Å²) in [6.07, 6.45) is 7.51. The summed E-state index contributed by atoms with van der Waals surface area (Å²) in [7, 11) is 0. The summed E-state index contributed by atoms with van der Waals surface area (Å²) in [6.45, 7) is 5.81. The Morgan fingerprint density at radius 3 is 2.67 bits per heavy atom. The van der Waals surface area contributed by atoms with Gasteiger partial charge in [0, 0.05) is 17.9 Å². The minimum atomic E-state index is 0.321. The van der Waals surface area contributed by atoms with Crippen LogP contribution < -0.4 is 5.32 Å². The Morgan fingerprint density at radius 2 is 2.13 bits per heavy atom. The van der Waals surface area contributed by atoms with E-state index in [0.29, 0.717) is 11.5 Å². The lowest BCUT2D eigenvalue weighted by Crippen LogP contribution is -2.46. The molecule has 82 valence electrons. The van der Waals surface area contributed by atoms with Gasteiger partial charge in [0.25, 0.3) is 0 Å². The predicted octanol–water partition coefficient (Wildman–Crippen LogP) is 2.40. The maximum Gasteiger partial charge on any atom is 0.0270 e.